The van der Waals surface area contributed by atoms with Gasteiger partial charge in [-0.1, -0.05) is 20.3 Å². The Hall–Kier alpha value is -0.610. The van der Waals surface area contributed by atoms with E-state index in [4.69, 9.17) is 4.74 Å². The van der Waals surface area contributed by atoms with Crippen molar-refractivity contribution in [3.63, 3.8) is 0 Å². The van der Waals surface area contributed by atoms with E-state index < -0.39 is 0 Å². The highest BCUT2D eigenvalue weighted by Gasteiger charge is 2.37. The molecule has 2 aliphatic heterocycles. The van der Waals surface area contributed by atoms with Crippen molar-refractivity contribution in [3.8, 4) is 0 Å². The highest BCUT2D eigenvalue weighted by Crippen LogP contribution is 2.34. The predicted octanol–water partition coefficient (Wildman–Crippen LogP) is 1.79. The number of hydrogen-bond acceptors (Lipinski definition) is 3. The van der Waals surface area contributed by atoms with Crippen LogP contribution in [0, 0.1) is 5.41 Å². The number of ether oxygens (including phenoxy) is 1. The van der Waals surface area contributed by atoms with Gasteiger partial charge >= 0.3 is 0 Å². The Morgan fingerprint density at radius 2 is 2.32 bits per heavy atom. The minimum absolute atomic E-state index is 0.0133. The molecule has 4 nitrogen and oxygen atoms in total. The van der Waals surface area contributed by atoms with Crippen molar-refractivity contribution in [3.05, 3.63) is 0 Å². The van der Waals surface area contributed by atoms with Gasteiger partial charge in [0.05, 0.1) is 12.7 Å². The van der Waals surface area contributed by atoms with Crippen molar-refractivity contribution in [2.45, 2.75) is 58.6 Å². The number of rotatable bonds is 3. The van der Waals surface area contributed by atoms with Gasteiger partial charge in [0.15, 0.2) is 0 Å². The molecule has 1 unspecified atom stereocenters. The quantitative estimate of drug-likeness (QED) is 0.848. The molecule has 19 heavy (non-hydrogen) atoms. The Kier molecular flexibility index (Phi) is 4.85. The van der Waals surface area contributed by atoms with Gasteiger partial charge in [0.2, 0.25) is 5.91 Å². The van der Waals surface area contributed by atoms with Crippen molar-refractivity contribution >= 4 is 5.91 Å². The molecule has 2 aliphatic rings. The second kappa shape index (κ2) is 6.23. The maximum atomic E-state index is 12.6. The van der Waals surface area contributed by atoms with Crippen molar-refractivity contribution in [1.29, 1.82) is 0 Å². The lowest BCUT2D eigenvalue weighted by molar-refractivity contribution is -0.142. The van der Waals surface area contributed by atoms with Gasteiger partial charge in [-0.3, -0.25) is 4.79 Å². The zero-order chi connectivity index (χ0) is 13.9. The second-order valence-electron chi connectivity index (χ2n) is 6.43. The summed E-state index contributed by atoms with van der Waals surface area (Å²) in [6.45, 7) is 9.84. The SMILES string of the molecule is CCCC1(C)CCCN(C(=O)[C@H]2NCCO[C@@H]2C)C1. The number of hydrogen-bond donors (Lipinski definition) is 1. The summed E-state index contributed by atoms with van der Waals surface area (Å²) >= 11 is 0. The molecular weight excluding hydrogens is 240 g/mol. The predicted molar refractivity (Wildman–Crippen MR) is 76.0 cm³/mol. The third kappa shape index (κ3) is 3.48. The van der Waals surface area contributed by atoms with Gasteiger partial charge in [-0.2, -0.15) is 0 Å². The van der Waals surface area contributed by atoms with Gasteiger partial charge in [-0.25, -0.2) is 0 Å². The van der Waals surface area contributed by atoms with Gasteiger partial charge < -0.3 is 15.0 Å². The van der Waals surface area contributed by atoms with E-state index in [0.717, 1.165) is 26.1 Å². The van der Waals surface area contributed by atoms with Crippen LogP contribution in [0.25, 0.3) is 0 Å². The number of carbonyl (C=O) groups excluding carboxylic acids is 1. The molecule has 4 heteroatoms. The van der Waals surface area contributed by atoms with Crippen LogP contribution in [-0.4, -0.2) is 49.2 Å². The largest absolute Gasteiger partial charge is 0.375 e. The summed E-state index contributed by atoms with van der Waals surface area (Å²) in [5, 5.41) is 3.31. The van der Waals surface area contributed by atoms with E-state index in [1.165, 1.54) is 19.3 Å². The monoisotopic (exact) mass is 268 g/mol. The average molecular weight is 268 g/mol. The summed E-state index contributed by atoms with van der Waals surface area (Å²) in [6, 6.07) is -0.155. The molecule has 2 rings (SSSR count). The fraction of sp³-hybridized carbons (Fsp3) is 0.933. The number of morpholine rings is 1. The summed E-state index contributed by atoms with van der Waals surface area (Å²) in [5.41, 5.74) is 0.307. The van der Waals surface area contributed by atoms with E-state index in [2.05, 4.69) is 24.1 Å². The van der Waals surface area contributed by atoms with E-state index in [9.17, 15) is 4.79 Å². The zero-order valence-corrected chi connectivity index (χ0v) is 12.6. The Balaban J connectivity index is 1.98. The van der Waals surface area contributed by atoms with Gasteiger partial charge in [0, 0.05) is 19.6 Å². The molecule has 110 valence electrons. The fourth-order valence-corrected chi connectivity index (χ4v) is 3.52. The van der Waals surface area contributed by atoms with Crippen LogP contribution in [0.1, 0.15) is 46.5 Å². The number of nitrogens with zero attached hydrogens (tertiary/aromatic N) is 1. The molecule has 1 N–H and O–H groups in total. The van der Waals surface area contributed by atoms with Crippen molar-refractivity contribution < 1.29 is 9.53 Å². The van der Waals surface area contributed by atoms with Crippen LogP contribution in [-0.2, 0) is 9.53 Å². The van der Waals surface area contributed by atoms with Crippen LogP contribution in [0.3, 0.4) is 0 Å². The maximum absolute atomic E-state index is 12.6. The summed E-state index contributed by atoms with van der Waals surface area (Å²) in [4.78, 5) is 14.7. The standard InChI is InChI=1S/C15H28N2O2/c1-4-6-15(3)7-5-9-17(11-15)14(18)13-12(2)19-10-8-16-13/h12-13,16H,4-11H2,1-3H3/t12-,13+,15?/m1/s1. The molecule has 0 bridgehead atoms. The normalized spacial score (nSPS) is 36.3. The van der Waals surface area contributed by atoms with E-state index in [0.29, 0.717) is 12.0 Å². The molecule has 0 aromatic carbocycles. The molecule has 0 aromatic heterocycles. The average Bonchev–Trinajstić information content (AvgIpc) is 2.38. The van der Waals surface area contributed by atoms with Crippen LogP contribution in [0.5, 0.6) is 0 Å². The van der Waals surface area contributed by atoms with E-state index in [1.807, 2.05) is 6.92 Å². The number of likely N-dealkylation sites (tertiary alicyclic amines) is 1. The third-order valence-electron chi connectivity index (χ3n) is 4.53. The Morgan fingerprint density at radius 3 is 3.00 bits per heavy atom. The minimum Gasteiger partial charge on any atom is -0.375 e. The molecule has 0 spiro atoms. The topological polar surface area (TPSA) is 41.6 Å². The van der Waals surface area contributed by atoms with Gasteiger partial charge in [-0.05, 0) is 31.6 Å². The zero-order valence-electron chi connectivity index (χ0n) is 12.6. The van der Waals surface area contributed by atoms with Crippen molar-refractivity contribution in [2.75, 3.05) is 26.2 Å². The summed E-state index contributed by atoms with van der Waals surface area (Å²) in [7, 11) is 0. The summed E-state index contributed by atoms with van der Waals surface area (Å²) in [6.07, 6.45) is 4.76. The molecule has 0 radical (unpaired) electrons. The summed E-state index contributed by atoms with van der Waals surface area (Å²) in [5.74, 6) is 0.231. The molecular formula is C15H28N2O2. The van der Waals surface area contributed by atoms with E-state index in [1.54, 1.807) is 0 Å². The lowest BCUT2D eigenvalue weighted by atomic mass is 9.78. The highest BCUT2D eigenvalue weighted by molar-refractivity contribution is 5.82. The van der Waals surface area contributed by atoms with Crippen LogP contribution >= 0.6 is 0 Å². The Labute approximate surface area is 116 Å². The Bertz CT molecular complexity index is 317. The molecule has 0 aromatic rings. The molecule has 2 saturated heterocycles. The Morgan fingerprint density at radius 1 is 1.53 bits per heavy atom. The maximum Gasteiger partial charge on any atom is 0.242 e. The van der Waals surface area contributed by atoms with Crippen LogP contribution < -0.4 is 5.32 Å². The van der Waals surface area contributed by atoms with Gasteiger partial charge in [0.1, 0.15) is 6.04 Å². The smallest absolute Gasteiger partial charge is 0.242 e. The molecule has 2 heterocycles. The highest BCUT2D eigenvalue weighted by atomic mass is 16.5. The van der Waals surface area contributed by atoms with Crippen LogP contribution in [0.4, 0.5) is 0 Å². The molecule has 0 aliphatic carbocycles. The number of carbonyl (C=O) groups is 1. The first kappa shape index (κ1) is 14.8. The first-order valence-corrected chi connectivity index (χ1v) is 7.69. The van der Waals surface area contributed by atoms with Gasteiger partial charge in [0.25, 0.3) is 0 Å². The fourth-order valence-electron chi connectivity index (χ4n) is 3.52. The first-order chi connectivity index (χ1) is 9.06. The lowest BCUT2D eigenvalue weighted by Gasteiger charge is -2.43. The molecule has 3 atom stereocenters. The van der Waals surface area contributed by atoms with E-state index >= 15 is 0 Å². The summed E-state index contributed by atoms with van der Waals surface area (Å²) < 4.78 is 5.59. The van der Waals surface area contributed by atoms with Crippen molar-refractivity contribution in [1.82, 2.24) is 10.2 Å². The van der Waals surface area contributed by atoms with E-state index in [-0.39, 0.29) is 18.1 Å². The number of piperidine rings is 1. The van der Waals surface area contributed by atoms with Gasteiger partial charge in [-0.15, -0.1) is 0 Å². The van der Waals surface area contributed by atoms with Crippen LogP contribution in [0.2, 0.25) is 0 Å². The second-order valence-corrected chi connectivity index (χ2v) is 6.43. The minimum atomic E-state index is -0.155. The number of nitrogens with one attached hydrogen (secondary N) is 1. The molecule has 0 saturated carbocycles. The number of amides is 1. The molecule has 2 fully saturated rings. The first-order valence-electron chi connectivity index (χ1n) is 7.69. The van der Waals surface area contributed by atoms with Crippen LogP contribution in [0.15, 0.2) is 0 Å². The lowest BCUT2D eigenvalue weighted by Crippen LogP contribution is -2.58. The van der Waals surface area contributed by atoms with Crippen molar-refractivity contribution in [2.24, 2.45) is 5.41 Å². The third-order valence-corrected chi connectivity index (χ3v) is 4.53. The molecule has 1 amide bonds.